The number of thiol groups is 1. The maximum atomic E-state index is 12.5. The van der Waals surface area contributed by atoms with Crippen molar-refractivity contribution in [3.63, 3.8) is 0 Å². The van der Waals surface area contributed by atoms with Crippen LogP contribution in [0.15, 0.2) is 0 Å². The summed E-state index contributed by atoms with van der Waals surface area (Å²) >= 11 is 4.00. The molecule has 0 aromatic heterocycles. The average Bonchev–Trinajstić information content (AvgIpc) is 2.59. The van der Waals surface area contributed by atoms with Crippen LogP contribution in [-0.2, 0) is 34.6 Å². The van der Waals surface area contributed by atoms with E-state index in [0.29, 0.717) is 6.42 Å². The molecule has 0 aromatic carbocycles. The van der Waals surface area contributed by atoms with Gasteiger partial charge in [-0.3, -0.25) is 18.7 Å². The number of carbonyl (C=O) groups is 3. The number of carboxylic acids is 1. The highest BCUT2D eigenvalue weighted by Crippen LogP contribution is 2.12. The number of hydrogen-bond donors (Lipinski definition) is 7. The Labute approximate surface area is 180 Å². The molecule has 0 aliphatic heterocycles. The molecule has 0 saturated heterocycles. The van der Waals surface area contributed by atoms with Crippen LogP contribution in [0, 0.1) is 5.92 Å². The van der Waals surface area contributed by atoms with E-state index < -0.39 is 78.8 Å². The van der Waals surface area contributed by atoms with E-state index in [1.807, 2.05) is 5.32 Å². The van der Waals surface area contributed by atoms with E-state index in [-0.39, 0.29) is 6.42 Å². The number of amides is 2. The number of carboxylic acid groups (broad SMARTS) is 1. The molecule has 13 nitrogen and oxygen atoms in total. The minimum Gasteiger partial charge on any atom is -0.480 e. The van der Waals surface area contributed by atoms with Gasteiger partial charge in [-0.15, -0.1) is 0 Å². The second-order valence-electron chi connectivity index (χ2n) is 6.70. The highest BCUT2D eigenvalue weighted by Gasteiger charge is 2.33. The molecule has 16 heteroatoms. The van der Waals surface area contributed by atoms with Gasteiger partial charge in [0.05, 0.1) is 11.0 Å². The number of rotatable bonds is 13. The van der Waals surface area contributed by atoms with Crippen LogP contribution in [-0.4, -0.2) is 83.7 Å². The Morgan fingerprint density at radius 2 is 1.57 bits per heavy atom. The SMILES string of the molecule is CC[C@H](C)[C@H](NC(=O)[C@@H](S)[C@H](N)CCS(=O)(=O)O)C(=O)N[C@@H](CS(=O)(=O)O)C(=O)O. The Bertz CT molecular complexity index is 830. The van der Waals surface area contributed by atoms with Gasteiger partial charge in [-0.25, -0.2) is 4.79 Å². The predicted octanol–water partition coefficient (Wildman–Crippen LogP) is -2.12. The first-order chi connectivity index (χ1) is 13.5. The molecule has 0 fully saturated rings. The lowest BCUT2D eigenvalue weighted by molar-refractivity contribution is -0.141. The van der Waals surface area contributed by atoms with Crippen LogP contribution < -0.4 is 16.4 Å². The highest BCUT2D eigenvalue weighted by atomic mass is 32.2. The van der Waals surface area contributed by atoms with Gasteiger partial charge < -0.3 is 21.5 Å². The fourth-order valence-electron chi connectivity index (χ4n) is 2.22. The Hall–Kier alpha value is -1.46. The van der Waals surface area contributed by atoms with Crippen LogP contribution in [0.5, 0.6) is 0 Å². The zero-order valence-electron chi connectivity index (χ0n) is 16.3. The zero-order chi connectivity index (χ0) is 23.9. The van der Waals surface area contributed by atoms with Gasteiger partial charge >= 0.3 is 5.97 Å². The second-order valence-corrected chi connectivity index (χ2v) is 10.3. The van der Waals surface area contributed by atoms with Crippen LogP contribution in [0.1, 0.15) is 26.7 Å². The van der Waals surface area contributed by atoms with Crippen molar-refractivity contribution >= 4 is 50.6 Å². The van der Waals surface area contributed by atoms with Crippen LogP contribution >= 0.6 is 12.6 Å². The smallest absolute Gasteiger partial charge is 0.327 e. The van der Waals surface area contributed by atoms with Gasteiger partial charge in [0, 0.05) is 6.04 Å². The summed E-state index contributed by atoms with van der Waals surface area (Å²) in [7, 11) is -9.02. The first-order valence-electron chi connectivity index (χ1n) is 8.66. The van der Waals surface area contributed by atoms with Crippen molar-refractivity contribution in [3.05, 3.63) is 0 Å². The van der Waals surface area contributed by atoms with Crippen LogP contribution in [0.25, 0.3) is 0 Å². The fraction of sp³-hybridized carbons (Fsp3) is 0.786. The topological polar surface area (TPSA) is 230 Å². The fourth-order valence-corrected chi connectivity index (χ4v) is 3.67. The van der Waals surface area contributed by atoms with E-state index in [1.54, 1.807) is 13.8 Å². The standard InChI is InChI=1S/C14H27N3O10S3/c1-3-7(2)10(12(18)16-9(14(20)21)6-30(25,26)27)17-13(19)11(28)8(15)4-5-29(22,23)24/h7-11,28H,3-6,15H2,1-2H3,(H,16,18)(H,17,19)(H,20,21)(H,22,23,24)(H,25,26,27)/t7-,8+,9-,10-,11-/m0/s1. The molecule has 0 aromatic rings. The van der Waals surface area contributed by atoms with Crippen LogP contribution in [0.2, 0.25) is 0 Å². The Kier molecular flexibility index (Phi) is 11.2. The summed E-state index contributed by atoms with van der Waals surface area (Å²) in [6.45, 7) is 3.24. The van der Waals surface area contributed by atoms with Gasteiger partial charge in [-0.1, -0.05) is 20.3 Å². The van der Waals surface area contributed by atoms with E-state index in [2.05, 4.69) is 17.9 Å². The van der Waals surface area contributed by atoms with Crippen molar-refractivity contribution in [1.29, 1.82) is 0 Å². The quantitative estimate of drug-likeness (QED) is 0.108. The second kappa shape index (κ2) is 11.8. The summed E-state index contributed by atoms with van der Waals surface area (Å²) in [6.07, 6.45) is 0.0660. The van der Waals surface area contributed by atoms with E-state index in [4.69, 9.17) is 19.9 Å². The monoisotopic (exact) mass is 493 g/mol. The lowest BCUT2D eigenvalue weighted by Gasteiger charge is -2.27. The first-order valence-corrected chi connectivity index (χ1v) is 12.4. The molecule has 0 spiro atoms. The molecule has 0 heterocycles. The number of hydrogen-bond acceptors (Lipinski definition) is 9. The molecule has 0 aliphatic carbocycles. The number of nitrogens with two attached hydrogens (primary N) is 1. The van der Waals surface area contributed by atoms with E-state index in [0.717, 1.165) is 0 Å². The number of nitrogens with one attached hydrogen (secondary N) is 2. The molecule has 176 valence electrons. The van der Waals surface area contributed by atoms with Gasteiger partial charge in [-0.2, -0.15) is 29.5 Å². The summed E-state index contributed by atoms with van der Waals surface area (Å²) in [4.78, 5) is 36.0. The van der Waals surface area contributed by atoms with Crippen LogP contribution in [0.3, 0.4) is 0 Å². The Balaban J connectivity index is 5.33. The van der Waals surface area contributed by atoms with Crippen molar-refractivity contribution in [2.75, 3.05) is 11.5 Å². The molecule has 0 bridgehead atoms. The predicted molar refractivity (Wildman–Crippen MR) is 109 cm³/mol. The number of carbonyl (C=O) groups excluding carboxylic acids is 2. The maximum absolute atomic E-state index is 12.5. The molecule has 0 aliphatic rings. The van der Waals surface area contributed by atoms with Crippen molar-refractivity contribution < 1.29 is 45.4 Å². The Morgan fingerprint density at radius 3 is 1.97 bits per heavy atom. The first kappa shape index (κ1) is 28.5. The maximum Gasteiger partial charge on any atom is 0.327 e. The molecule has 7 N–H and O–H groups in total. The molecule has 2 amide bonds. The molecule has 30 heavy (non-hydrogen) atoms. The van der Waals surface area contributed by atoms with E-state index >= 15 is 0 Å². The molecule has 0 saturated carbocycles. The van der Waals surface area contributed by atoms with Crippen molar-refractivity contribution in [1.82, 2.24) is 10.6 Å². The molecular formula is C14H27N3O10S3. The third kappa shape index (κ3) is 11.1. The highest BCUT2D eigenvalue weighted by molar-refractivity contribution is 7.86. The van der Waals surface area contributed by atoms with Crippen molar-refractivity contribution in [2.45, 2.75) is 50.1 Å². The number of aliphatic carboxylic acids is 1. The van der Waals surface area contributed by atoms with E-state index in [1.165, 1.54) is 0 Å². The summed E-state index contributed by atoms with van der Waals surface area (Å²) in [6, 6.07) is -4.35. The van der Waals surface area contributed by atoms with E-state index in [9.17, 15) is 31.2 Å². The Morgan fingerprint density at radius 1 is 1.03 bits per heavy atom. The minimum atomic E-state index is -4.71. The molecule has 0 rings (SSSR count). The van der Waals surface area contributed by atoms with Gasteiger partial charge in [0.15, 0.2) is 0 Å². The lowest BCUT2D eigenvalue weighted by atomic mass is 9.97. The van der Waals surface area contributed by atoms with Gasteiger partial charge in [-0.05, 0) is 12.3 Å². The van der Waals surface area contributed by atoms with Crippen molar-refractivity contribution in [3.8, 4) is 0 Å². The van der Waals surface area contributed by atoms with Crippen LogP contribution in [0.4, 0.5) is 0 Å². The van der Waals surface area contributed by atoms with Crippen molar-refractivity contribution in [2.24, 2.45) is 11.7 Å². The summed E-state index contributed by atoms with van der Waals surface area (Å²) in [5.74, 6) is -6.09. The third-order valence-corrected chi connectivity index (χ3v) is 6.29. The molecule has 0 unspecified atom stereocenters. The van der Waals surface area contributed by atoms with Gasteiger partial charge in [0.2, 0.25) is 11.8 Å². The minimum absolute atomic E-state index is 0.296. The zero-order valence-corrected chi connectivity index (χ0v) is 18.8. The molecular weight excluding hydrogens is 466 g/mol. The molecule has 0 radical (unpaired) electrons. The summed E-state index contributed by atoms with van der Waals surface area (Å²) in [5, 5.41) is 12.1. The summed E-state index contributed by atoms with van der Waals surface area (Å²) in [5.41, 5.74) is 5.69. The largest absolute Gasteiger partial charge is 0.480 e. The molecule has 5 atom stereocenters. The van der Waals surface area contributed by atoms with Gasteiger partial charge in [0.25, 0.3) is 20.2 Å². The average molecular weight is 494 g/mol. The normalized spacial score (nSPS) is 17.3. The summed E-state index contributed by atoms with van der Waals surface area (Å²) < 4.78 is 61.1. The third-order valence-electron chi connectivity index (χ3n) is 4.17. The van der Waals surface area contributed by atoms with Gasteiger partial charge in [0.1, 0.15) is 17.8 Å². The lowest BCUT2D eigenvalue weighted by Crippen LogP contribution is -2.57.